The second-order valence-electron chi connectivity index (χ2n) is 5.48. The number of aryl methyl sites for hydroxylation is 1. The van der Waals surface area contributed by atoms with Gasteiger partial charge in [0.1, 0.15) is 11.5 Å². The normalized spacial score (nSPS) is 18.0. The number of ether oxygens (including phenoxy) is 1. The Morgan fingerprint density at radius 3 is 2.82 bits per heavy atom. The van der Waals surface area contributed by atoms with Gasteiger partial charge in [0, 0.05) is 18.1 Å². The number of rotatable bonds is 3. The van der Waals surface area contributed by atoms with Gasteiger partial charge in [0.25, 0.3) is 5.89 Å². The van der Waals surface area contributed by atoms with Crippen LogP contribution in [0.2, 0.25) is 0 Å². The van der Waals surface area contributed by atoms with Crippen LogP contribution in [0.4, 0.5) is 0 Å². The van der Waals surface area contributed by atoms with Crippen LogP contribution >= 0.6 is 0 Å². The van der Waals surface area contributed by atoms with E-state index < -0.39 is 0 Å². The van der Waals surface area contributed by atoms with E-state index in [9.17, 15) is 0 Å². The molecule has 1 aromatic carbocycles. The Hall–Kier alpha value is -2.40. The fourth-order valence-corrected chi connectivity index (χ4v) is 2.73. The minimum atomic E-state index is 0.227. The SMILES string of the molecule is Cc1cc(-c2nc([C@H]3CCOC3)no2)c(-c2ccccc2)o1. The van der Waals surface area contributed by atoms with Crippen molar-refractivity contribution in [1.29, 1.82) is 0 Å². The highest BCUT2D eigenvalue weighted by atomic mass is 16.5. The molecule has 0 aliphatic carbocycles. The lowest BCUT2D eigenvalue weighted by molar-refractivity contribution is 0.192. The predicted molar refractivity (Wildman–Crippen MR) is 80.4 cm³/mol. The number of hydrogen-bond donors (Lipinski definition) is 0. The molecule has 5 heteroatoms. The van der Waals surface area contributed by atoms with E-state index >= 15 is 0 Å². The Morgan fingerprint density at radius 2 is 2.05 bits per heavy atom. The molecular formula is C17H16N2O3. The zero-order valence-corrected chi connectivity index (χ0v) is 12.3. The molecular weight excluding hydrogens is 280 g/mol. The third kappa shape index (κ3) is 2.33. The molecule has 2 aromatic heterocycles. The standard InChI is InChI=1S/C17H16N2O3/c1-11-9-14(15(21-11)12-5-3-2-4-6-12)17-18-16(19-22-17)13-7-8-20-10-13/h2-6,9,13H,7-8,10H2,1H3/t13-/m0/s1. The van der Waals surface area contributed by atoms with E-state index in [-0.39, 0.29) is 5.92 Å². The van der Waals surface area contributed by atoms with E-state index in [2.05, 4.69) is 10.1 Å². The van der Waals surface area contributed by atoms with Gasteiger partial charge in [0.05, 0.1) is 12.2 Å². The van der Waals surface area contributed by atoms with Gasteiger partial charge < -0.3 is 13.7 Å². The molecule has 3 heterocycles. The average molecular weight is 296 g/mol. The number of furan rings is 1. The summed E-state index contributed by atoms with van der Waals surface area (Å²) >= 11 is 0. The van der Waals surface area contributed by atoms with E-state index in [1.807, 2.05) is 43.3 Å². The number of nitrogens with zero attached hydrogens (tertiary/aromatic N) is 2. The molecule has 0 saturated carbocycles. The van der Waals surface area contributed by atoms with Crippen LogP contribution in [0, 0.1) is 6.92 Å². The summed E-state index contributed by atoms with van der Waals surface area (Å²) in [7, 11) is 0. The van der Waals surface area contributed by atoms with Gasteiger partial charge in [-0.1, -0.05) is 35.5 Å². The quantitative estimate of drug-likeness (QED) is 0.735. The smallest absolute Gasteiger partial charge is 0.261 e. The van der Waals surface area contributed by atoms with Crippen LogP contribution in [0.3, 0.4) is 0 Å². The summed E-state index contributed by atoms with van der Waals surface area (Å²) < 4.78 is 16.7. The second-order valence-corrected chi connectivity index (χ2v) is 5.48. The molecule has 3 aromatic rings. The van der Waals surface area contributed by atoms with Crippen molar-refractivity contribution in [3.8, 4) is 22.8 Å². The van der Waals surface area contributed by atoms with Crippen molar-refractivity contribution in [3.63, 3.8) is 0 Å². The van der Waals surface area contributed by atoms with Crippen LogP contribution in [-0.2, 0) is 4.74 Å². The summed E-state index contributed by atoms with van der Waals surface area (Å²) in [6, 6.07) is 11.9. The Kier molecular flexibility index (Phi) is 3.27. The number of benzene rings is 1. The molecule has 1 atom stereocenters. The molecule has 5 nitrogen and oxygen atoms in total. The van der Waals surface area contributed by atoms with E-state index in [4.69, 9.17) is 13.7 Å². The molecule has 1 aliphatic heterocycles. The van der Waals surface area contributed by atoms with Gasteiger partial charge in [0.2, 0.25) is 0 Å². The maximum Gasteiger partial charge on any atom is 0.261 e. The Morgan fingerprint density at radius 1 is 1.18 bits per heavy atom. The van der Waals surface area contributed by atoms with Crippen LogP contribution in [0.25, 0.3) is 22.8 Å². The highest BCUT2D eigenvalue weighted by Gasteiger charge is 2.25. The van der Waals surface area contributed by atoms with Crippen LogP contribution in [0.5, 0.6) is 0 Å². The molecule has 4 rings (SSSR count). The molecule has 0 spiro atoms. The van der Waals surface area contributed by atoms with Gasteiger partial charge in [-0.15, -0.1) is 0 Å². The second kappa shape index (κ2) is 5.42. The van der Waals surface area contributed by atoms with Crippen molar-refractivity contribution in [1.82, 2.24) is 10.1 Å². The molecule has 0 bridgehead atoms. The van der Waals surface area contributed by atoms with E-state index in [0.29, 0.717) is 18.3 Å². The predicted octanol–water partition coefficient (Wildman–Crippen LogP) is 3.81. The van der Waals surface area contributed by atoms with Crippen LogP contribution < -0.4 is 0 Å². The van der Waals surface area contributed by atoms with Gasteiger partial charge in [-0.3, -0.25) is 0 Å². The van der Waals surface area contributed by atoms with Crippen molar-refractivity contribution < 1.29 is 13.7 Å². The highest BCUT2D eigenvalue weighted by Crippen LogP contribution is 2.35. The third-order valence-corrected chi connectivity index (χ3v) is 3.86. The molecule has 1 saturated heterocycles. The first kappa shape index (κ1) is 13.3. The zero-order valence-electron chi connectivity index (χ0n) is 12.3. The molecule has 0 amide bonds. The van der Waals surface area contributed by atoms with Gasteiger partial charge in [0.15, 0.2) is 5.82 Å². The maximum absolute atomic E-state index is 5.84. The highest BCUT2D eigenvalue weighted by molar-refractivity contribution is 5.76. The fraction of sp³-hybridized carbons (Fsp3) is 0.294. The number of aromatic nitrogens is 2. The summed E-state index contributed by atoms with van der Waals surface area (Å²) in [4.78, 5) is 4.54. The van der Waals surface area contributed by atoms with Crippen molar-refractivity contribution in [2.75, 3.05) is 13.2 Å². The summed E-state index contributed by atoms with van der Waals surface area (Å²) in [5.74, 6) is 3.02. The van der Waals surface area contributed by atoms with E-state index in [1.54, 1.807) is 0 Å². The third-order valence-electron chi connectivity index (χ3n) is 3.86. The lowest BCUT2D eigenvalue weighted by Gasteiger charge is -1.99. The molecule has 0 unspecified atom stereocenters. The first-order chi connectivity index (χ1) is 10.8. The first-order valence-electron chi connectivity index (χ1n) is 7.39. The monoisotopic (exact) mass is 296 g/mol. The molecule has 0 radical (unpaired) electrons. The molecule has 0 N–H and O–H groups in total. The van der Waals surface area contributed by atoms with Crippen LogP contribution in [-0.4, -0.2) is 23.4 Å². The summed E-state index contributed by atoms with van der Waals surface area (Å²) in [5.41, 5.74) is 1.83. The molecule has 1 aliphatic rings. The fourth-order valence-electron chi connectivity index (χ4n) is 2.73. The van der Waals surface area contributed by atoms with Crippen LogP contribution in [0.15, 0.2) is 45.3 Å². The summed E-state index contributed by atoms with van der Waals surface area (Å²) in [6.07, 6.45) is 0.939. The van der Waals surface area contributed by atoms with Crippen molar-refractivity contribution in [2.45, 2.75) is 19.3 Å². The molecule has 112 valence electrons. The van der Waals surface area contributed by atoms with E-state index in [0.717, 1.165) is 35.7 Å². The lowest BCUT2D eigenvalue weighted by atomic mass is 10.1. The Balaban J connectivity index is 1.74. The van der Waals surface area contributed by atoms with Crippen molar-refractivity contribution in [3.05, 3.63) is 48.0 Å². The number of hydrogen-bond acceptors (Lipinski definition) is 5. The largest absolute Gasteiger partial charge is 0.461 e. The van der Waals surface area contributed by atoms with Gasteiger partial charge >= 0.3 is 0 Å². The molecule has 22 heavy (non-hydrogen) atoms. The van der Waals surface area contributed by atoms with Gasteiger partial charge in [-0.2, -0.15) is 4.98 Å². The van der Waals surface area contributed by atoms with Gasteiger partial charge in [-0.25, -0.2) is 0 Å². The minimum Gasteiger partial charge on any atom is -0.461 e. The Bertz CT molecular complexity index is 770. The minimum absolute atomic E-state index is 0.227. The lowest BCUT2D eigenvalue weighted by Crippen LogP contribution is -1.99. The van der Waals surface area contributed by atoms with E-state index in [1.165, 1.54) is 0 Å². The van der Waals surface area contributed by atoms with Gasteiger partial charge in [-0.05, 0) is 19.4 Å². The zero-order chi connectivity index (χ0) is 14.9. The average Bonchev–Trinajstić information content (AvgIpc) is 3.27. The summed E-state index contributed by atoms with van der Waals surface area (Å²) in [5, 5.41) is 4.11. The Labute approximate surface area is 127 Å². The van der Waals surface area contributed by atoms with Crippen molar-refractivity contribution in [2.24, 2.45) is 0 Å². The topological polar surface area (TPSA) is 61.3 Å². The van der Waals surface area contributed by atoms with Crippen LogP contribution in [0.1, 0.15) is 23.9 Å². The first-order valence-corrected chi connectivity index (χ1v) is 7.39. The summed E-state index contributed by atoms with van der Waals surface area (Å²) in [6.45, 7) is 3.33. The maximum atomic E-state index is 5.84. The molecule has 1 fully saturated rings. The van der Waals surface area contributed by atoms with Crippen molar-refractivity contribution >= 4 is 0 Å².